The summed E-state index contributed by atoms with van der Waals surface area (Å²) in [6, 6.07) is 5.04. The Labute approximate surface area is 297 Å². The van der Waals surface area contributed by atoms with Crippen LogP contribution in [0.4, 0.5) is 19.7 Å². The molecule has 1 aromatic carbocycles. The second-order valence-electron chi connectivity index (χ2n) is 14.8. The first kappa shape index (κ1) is 39.2. The van der Waals surface area contributed by atoms with E-state index < -0.39 is 24.3 Å². The number of amides is 3. The number of aliphatic hydroxyl groups excluding tert-OH is 1. The number of nitrogens with zero attached hydrogens (tertiary/aromatic N) is 4. The van der Waals surface area contributed by atoms with E-state index in [4.69, 9.17) is 9.47 Å². The molecule has 3 aliphatic rings. The fourth-order valence-corrected chi connectivity index (χ4v) is 6.86. The van der Waals surface area contributed by atoms with Gasteiger partial charge in [-0.1, -0.05) is 26.0 Å². The van der Waals surface area contributed by atoms with Crippen molar-refractivity contribution in [3.8, 4) is 0 Å². The van der Waals surface area contributed by atoms with Crippen molar-refractivity contribution < 1.29 is 33.4 Å². The van der Waals surface area contributed by atoms with Crippen LogP contribution in [0.3, 0.4) is 0 Å². The van der Waals surface area contributed by atoms with Gasteiger partial charge in [0.2, 0.25) is 0 Å². The first-order valence-electron chi connectivity index (χ1n) is 18.2. The average molecular weight is 700 g/mol. The number of hydrogen-bond donors (Lipinski definition) is 2. The number of hydrogen-bond acceptors (Lipinski definition) is 8. The molecular weight excluding hydrogens is 641 g/mol. The SMILES string of the molecule is C/C(=C\c1cc(F)cc(N(C)C2CCN(C(=O)NC(C)C)CC2)c1)[C@H]1OC(=O)C[C@@H](O)CC[C@@H](C)[C@H](OC(=O)N2CCN(C)CC2)/C=C/[C@@H]1C. The number of piperazine rings is 1. The molecule has 0 unspecified atom stereocenters. The topological polar surface area (TPSA) is 115 Å². The Balaban J connectivity index is 1.51. The number of carbonyl (C=O) groups excluding carboxylic acids is 3. The van der Waals surface area contributed by atoms with Crippen LogP contribution in [-0.2, 0) is 14.3 Å². The monoisotopic (exact) mass is 699 g/mol. The highest BCUT2D eigenvalue weighted by Gasteiger charge is 2.30. The number of benzene rings is 1. The lowest BCUT2D eigenvalue weighted by Gasteiger charge is -2.38. The van der Waals surface area contributed by atoms with Gasteiger partial charge in [0.25, 0.3) is 0 Å². The number of esters is 1. The van der Waals surface area contributed by atoms with Gasteiger partial charge in [-0.2, -0.15) is 0 Å². The van der Waals surface area contributed by atoms with E-state index in [0.29, 0.717) is 50.2 Å². The van der Waals surface area contributed by atoms with Crippen LogP contribution in [0.15, 0.2) is 35.9 Å². The maximum Gasteiger partial charge on any atom is 0.410 e. The van der Waals surface area contributed by atoms with Gasteiger partial charge in [-0.05, 0) is 94.8 Å². The van der Waals surface area contributed by atoms with E-state index in [2.05, 4.69) is 15.1 Å². The summed E-state index contributed by atoms with van der Waals surface area (Å²) in [5, 5.41) is 13.6. The summed E-state index contributed by atoms with van der Waals surface area (Å²) in [4.78, 5) is 46.4. The Morgan fingerprint density at radius 3 is 2.36 bits per heavy atom. The summed E-state index contributed by atoms with van der Waals surface area (Å²) < 4.78 is 27.1. The maximum atomic E-state index is 15.1. The molecule has 278 valence electrons. The standard InChI is InChI=1S/C38H58FN5O6/c1-25(2)40-37(47)43-14-12-31(13-15-43)42(7)32-22-29(21-30(39)23-32)20-28(5)36-27(4)9-11-34(26(3)8-10-33(45)24-35(46)50-36)49-38(48)44-18-16-41(6)17-19-44/h9,11,20-23,25-27,31,33-34,36,45H,8,10,12-19,24H2,1-7H3,(H,40,47)/b11-9+,28-20+/t26-,27+,33+,34-,36+/m1/s1. The van der Waals surface area contributed by atoms with E-state index in [1.54, 1.807) is 4.90 Å². The third-order valence-corrected chi connectivity index (χ3v) is 10.1. The molecule has 3 aliphatic heterocycles. The van der Waals surface area contributed by atoms with Crippen molar-refractivity contribution >= 4 is 29.9 Å². The van der Waals surface area contributed by atoms with Crippen LogP contribution < -0.4 is 10.2 Å². The van der Waals surface area contributed by atoms with Crippen LogP contribution in [0, 0.1) is 17.7 Å². The van der Waals surface area contributed by atoms with Gasteiger partial charge in [0.15, 0.2) is 0 Å². The molecule has 1 aromatic rings. The number of likely N-dealkylation sites (tertiary alicyclic amines) is 1. The van der Waals surface area contributed by atoms with Crippen molar-refractivity contribution in [2.45, 2.75) is 97.1 Å². The van der Waals surface area contributed by atoms with Crippen LogP contribution in [0.5, 0.6) is 0 Å². The molecule has 2 saturated heterocycles. The van der Waals surface area contributed by atoms with Gasteiger partial charge in [0, 0.05) is 70.0 Å². The molecule has 50 heavy (non-hydrogen) atoms. The normalized spacial score (nSPS) is 27.2. The molecule has 4 rings (SSSR count). The van der Waals surface area contributed by atoms with Gasteiger partial charge in [-0.3, -0.25) is 4.79 Å². The third-order valence-electron chi connectivity index (χ3n) is 10.1. The van der Waals surface area contributed by atoms with Gasteiger partial charge in [-0.25, -0.2) is 14.0 Å². The Hall–Kier alpha value is -3.64. The maximum absolute atomic E-state index is 15.1. The van der Waals surface area contributed by atoms with Crippen LogP contribution in [0.2, 0.25) is 0 Å². The fraction of sp³-hybridized carbons (Fsp3) is 0.658. The highest BCUT2D eigenvalue weighted by Crippen LogP contribution is 2.29. The highest BCUT2D eigenvalue weighted by molar-refractivity contribution is 5.74. The number of likely N-dealkylation sites (N-methyl/N-ethyl adjacent to an activating group) is 1. The number of piperidine rings is 1. The molecule has 0 spiro atoms. The third kappa shape index (κ3) is 11.2. The fourth-order valence-electron chi connectivity index (χ4n) is 6.86. The largest absolute Gasteiger partial charge is 0.457 e. The number of halogens is 1. The van der Waals surface area contributed by atoms with Gasteiger partial charge in [0.1, 0.15) is 18.0 Å². The van der Waals surface area contributed by atoms with E-state index in [0.717, 1.165) is 31.6 Å². The van der Waals surface area contributed by atoms with E-state index in [-0.39, 0.29) is 48.3 Å². The molecule has 0 aromatic heterocycles. The minimum atomic E-state index is -0.889. The summed E-state index contributed by atoms with van der Waals surface area (Å²) in [6.07, 6.45) is 5.49. The molecule has 0 aliphatic carbocycles. The number of rotatable bonds is 6. The van der Waals surface area contributed by atoms with Crippen LogP contribution >= 0.6 is 0 Å². The first-order valence-corrected chi connectivity index (χ1v) is 18.2. The van der Waals surface area contributed by atoms with Crippen molar-refractivity contribution in [3.05, 3.63) is 47.3 Å². The van der Waals surface area contributed by atoms with Crippen molar-refractivity contribution in [1.82, 2.24) is 20.0 Å². The molecule has 0 radical (unpaired) electrons. The molecule has 11 nitrogen and oxygen atoms in total. The number of anilines is 1. The zero-order valence-electron chi connectivity index (χ0n) is 30.9. The molecule has 5 atom stereocenters. The highest BCUT2D eigenvalue weighted by atomic mass is 19.1. The summed E-state index contributed by atoms with van der Waals surface area (Å²) in [7, 11) is 3.98. The second-order valence-corrected chi connectivity index (χ2v) is 14.8. The molecule has 0 bridgehead atoms. The van der Waals surface area contributed by atoms with Gasteiger partial charge in [-0.15, -0.1) is 0 Å². The first-order chi connectivity index (χ1) is 23.7. The summed E-state index contributed by atoms with van der Waals surface area (Å²) in [5.74, 6) is -1.28. The predicted molar refractivity (Wildman–Crippen MR) is 193 cm³/mol. The summed E-state index contributed by atoms with van der Waals surface area (Å²) >= 11 is 0. The Morgan fingerprint density at radius 1 is 1.02 bits per heavy atom. The van der Waals surface area contributed by atoms with Crippen LogP contribution in [-0.4, -0.2) is 122 Å². The molecule has 2 fully saturated rings. The lowest BCUT2D eigenvalue weighted by Crippen LogP contribution is -2.50. The van der Waals surface area contributed by atoms with Gasteiger partial charge in [0.05, 0.1) is 12.5 Å². The number of nitrogens with one attached hydrogen (secondary N) is 1. The molecule has 2 N–H and O–H groups in total. The summed E-state index contributed by atoms with van der Waals surface area (Å²) in [5.41, 5.74) is 2.06. The Kier molecular flexibility index (Phi) is 14.1. The number of cyclic esters (lactones) is 1. The van der Waals surface area contributed by atoms with Crippen molar-refractivity contribution in [2.75, 3.05) is 58.3 Å². The number of ether oxygens (including phenoxy) is 2. The minimum absolute atomic E-state index is 0.0579. The van der Waals surface area contributed by atoms with E-state index in [1.165, 1.54) is 12.1 Å². The minimum Gasteiger partial charge on any atom is -0.457 e. The van der Waals surface area contributed by atoms with E-state index >= 15 is 4.39 Å². The van der Waals surface area contributed by atoms with Crippen molar-refractivity contribution in [3.63, 3.8) is 0 Å². The average Bonchev–Trinajstić information content (AvgIpc) is 3.06. The quantitative estimate of drug-likeness (QED) is 0.305. The van der Waals surface area contributed by atoms with Crippen molar-refractivity contribution in [2.24, 2.45) is 11.8 Å². The van der Waals surface area contributed by atoms with Crippen LogP contribution in [0.25, 0.3) is 6.08 Å². The van der Waals surface area contributed by atoms with Gasteiger partial charge < -0.3 is 39.5 Å². The van der Waals surface area contributed by atoms with E-state index in [9.17, 15) is 19.5 Å². The molecule has 12 heteroatoms. The number of urea groups is 1. The van der Waals surface area contributed by atoms with Gasteiger partial charge >= 0.3 is 18.1 Å². The predicted octanol–water partition coefficient (Wildman–Crippen LogP) is 5.29. The molecule has 3 amide bonds. The van der Waals surface area contributed by atoms with Crippen molar-refractivity contribution in [1.29, 1.82) is 0 Å². The Morgan fingerprint density at radius 2 is 1.70 bits per heavy atom. The number of aliphatic hydroxyl groups is 1. The second kappa shape index (κ2) is 18.0. The number of carbonyl (C=O) groups is 3. The molecule has 0 saturated carbocycles. The smallest absolute Gasteiger partial charge is 0.410 e. The lowest BCUT2D eigenvalue weighted by molar-refractivity contribution is -0.151. The zero-order valence-corrected chi connectivity index (χ0v) is 30.9. The Bertz CT molecular complexity index is 1370. The molecular formula is C38H58FN5O6. The molecule has 3 heterocycles. The zero-order chi connectivity index (χ0) is 36.5. The summed E-state index contributed by atoms with van der Waals surface area (Å²) in [6.45, 7) is 13.7. The van der Waals surface area contributed by atoms with E-state index in [1.807, 2.05) is 77.9 Å². The van der Waals surface area contributed by atoms with Crippen LogP contribution in [0.1, 0.15) is 72.3 Å². The lowest BCUT2D eigenvalue weighted by atomic mass is 9.91.